The summed E-state index contributed by atoms with van der Waals surface area (Å²) in [5, 5.41) is 23.8. The molecule has 1 saturated heterocycles. The van der Waals surface area contributed by atoms with Crippen LogP contribution < -0.4 is 21.3 Å². The second-order valence-electron chi connectivity index (χ2n) is 15.0. The van der Waals surface area contributed by atoms with Gasteiger partial charge in [0.2, 0.25) is 17.7 Å². The number of carbonyl (C=O) groups excluding carboxylic acids is 6. The van der Waals surface area contributed by atoms with Crippen molar-refractivity contribution in [3.05, 3.63) is 100 Å². The molecule has 1 aromatic heterocycles. The number of imide groups is 2. The molecule has 4 aromatic rings. The molecule has 2 unspecified atom stereocenters. The minimum atomic E-state index is -1.04. The number of hydrogen-bond donors (Lipinski definition) is 5. The Balaban J connectivity index is 1.11. The predicted octanol–water partition coefficient (Wildman–Crippen LogP) is 5.27. The van der Waals surface area contributed by atoms with E-state index < -0.39 is 35.7 Å². The van der Waals surface area contributed by atoms with Gasteiger partial charge in [-0.2, -0.15) is 0 Å². The van der Waals surface area contributed by atoms with Crippen LogP contribution in [0.3, 0.4) is 0 Å². The summed E-state index contributed by atoms with van der Waals surface area (Å²) in [5.74, 6) is -2.76. The van der Waals surface area contributed by atoms with E-state index in [1.807, 2.05) is 31.2 Å². The van der Waals surface area contributed by atoms with Gasteiger partial charge in [0.1, 0.15) is 17.3 Å². The van der Waals surface area contributed by atoms with Gasteiger partial charge in [0.25, 0.3) is 17.7 Å². The average Bonchev–Trinajstić information content (AvgIpc) is 3.41. The molecular formula is C42H46N6O7. The summed E-state index contributed by atoms with van der Waals surface area (Å²) < 4.78 is 0. The maximum atomic E-state index is 13.4. The Labute approximate surface area is 319 Å². The summed E-state index contributed by atoms with van der Waals surface area (Å²) in [6, 6.07) is 15.8. The van der Waals surface area contributed by atoms with E-state index >= 15 is 0 Å². The van der Waals surface area contributed by atoms with Gasteiger partial charge in [-0.05, 0) is 78.6 Å². The first-order valence-corrected chi connectivity index (χ1v) is 18.7. The zero-order valence-electron chi connectivity index (χ0n) is 31.5. The van der Waals surface area contributed by atoms with Crippen molar-refractivity contribution in [1.82, 2.24) is 25.8 Å². The number of piperidine rings is 1. The van der Waals surface area contributed by atoms with Gasteiger partial charge in [0.05, 0.1) is 17.2 Å². The fourth-order valence-corrected chi connectivity index (χ4v) is 7.19. The van der Waals surface area contributed by atoms with E-state index in [4.69, 9.17) is 0 Å². The number of anilines is 1. The van der Waals surface area contributed by atoms with Crippen LogP contribution in [0.5, 0.6) is 5.75 Å². The van der Waals surface area contributed by atoms with Crippen molar-refractivity contribution in [2.45, 2.75) is 83.7 Å². The molecule has 0 bridgehead atoms. The topological polar surface area (TPSA) is 187 Å². The first-order chi connectivity index (χ1) is 26.3. The largest absolute Gasteiger partial charge is 0.505 e. The average molecular weight is 747 g/mol. The lowest BCUT2D eigenvalue weighted by Gasteiger charge is -2.27. The van der Waals surface area contributed by atoms with Crippen molar-refractivity contribution in [1.29, 1.82) is 0 Å². The molecule has 2 aliphatic heterocycles. The van der Waals surface area contributed by atoms with Crippen LogP contribution in [0.1, 0.15) is 120 Å². The molecule has 1 fully saturated rings. The van der Waals surface area contributed by atoms with Gasteiger partial charge in [-0.15, -0.1) is 0 Å². The summed E-state index contributed by atoms with van der Waals surface area (Å²) in [6.45, 7) is 8.97. The van der Waals surface area contributed by atoms with E-state index in [9.17, 15) is 33.9 Å². The van der Waals surface area contributed by atoms with Crippen LogP contribution in [0.2, 0.25) is 0 Å². The number of hydrogen-bond acceptors (Lipinski definition) is 9. The highest BCUT2D eigenvalue weighted by atomic mass is 16.3. The lowest BCUT2D eigenvalue weighted by Crippen LogP contribution is -2.54. The second kappa shape index (κ2) is 16.1. The summed E-state index contributed by atoms with van der Waals surface area (Å²) in [7, 11) is 0. The summed E-state index contributed by atoms with van der Waals surface area (Å²) in [4.78, 5) is 82.4. The van der Waals surface area contributed by atoms with Crippen molar-refractivity contribution in [2.24, 2.45) is 0 Å². The van der Waals surface area contributed by atoms with E-state index in [1.165, 1.54) is 0 Å². The highest BCUT2D eigenvalue weighted by Crippen LogP contribution is 2.41. The number of unbranched alkanes of at least 4 members (excludes halogenated alkanes) is 1. The standard InChI is InChI=1S/C42H46N6O7/c1-5-11-32(49)46-35(28-23-29(42(2,3)4)26-15-10-21-44-36(26)37(28)51)24-12-8-13-25(22-24)38(52)45-20-7-6-19-43-30-16-9-14-27-34(30)41(55)48(40(27)54)31-17-18-33(50)47-39(31)53/h8-10,12-16,21-23,31,35,43,51H,5-7,11,17-20H2,1-4H3,(H,45,52)(H,46,49)(H,47,50,53). The van der Waals surface area contributed by atoms with Gasteiger partial charge in [-0.3, -0.25) is 44.0 Å². The van der Waals surface area contributed by atoms with E-state index in [2.05, 4.69) is 47.0 Å². The maximum absolute atomic E-state index is 13.4. The predicted molar refractivity (Wildman–Crippen MR) is 207 cm³/mol. The van der Waals surface area contributed by atoms with E-state index in [0.717, 1.165) is 15.8 Å². The summed E-state index contributed by atoms with van der Waals surface area (Å²) in [5.41, 5.74) is 3.48. The number of nitrogens with zero attached hydrogens (tertiary/aromatic N) is 2. The van der Waals surface area contributed by atoms with Crippen molar-refractivity contribution >= 4 is 52.0 Å². The summed E-state index contributed by atoms with van der Waals surface area (Å²) >= 11 is 0. The number of phenolic OH excluding ortho intramolecular Hbond substituents is 1. The third-order valence-corrected chi connectivity index (χ3v) is 9.95. The number of fused-ring (bicyclic) bond motifs is 2. The second-order valence-corrected chi connectivity index (χ2v) is 15.0. The Morgan fingerprint density at radius 3 is 2.49 bits per heavy atom. The molecule has 0 spiro atoms. The van der Waals surface area contributed by atoms with Crippen LogP contribution in [-0.4, -0.2) is 69.6 Å². The smallest absolute Gasteiger partial charge is 0.264 e. The van der Waals surface area contributed by atoms with Crippen LogP contribution in [0.4, 0.5) is 5.69 Å². The van der Waals surface area contributed by atoms with Crippen molar-refractivity contribution in [3.8, 4) is 5.75 Å². The number of carbonyl (C=O) groups is 6. The van der Waals surface area contributed by atoms with Crippen molar-refractivity contribution < 1.29 is 33.9 Å². The number of rotatable bonds is 13. The highest BCUT2D eigenvalue weighted by Gasteiger charge is 2.45. The Hall–Kier alpha value is -6.11. The SMILES string of the molecule is CCCC(=O)NC(c1cccc(C(=O)NCCCCNc2cccc3c2C(=O)N(C2CCC(=O)NC2=O)C3=O)c1)c1cc(C(C)(C)C)c2cccnc2c1O. The highest BCUT2D eigenvalue weighted by molar-refractivity contribution is 6.25. The van der Waals surface area contributed by atoms with Gasteiger partial charge in [0.15, 0.2) is 0 Å². The fraction of sp³-hybridized carbons (Fsp3) is 0.357. The van der Waals surface area contributed by atoms with Gasteiger partial charge in [-0.25, -0.2) is 0 Å². The molecule has 0 aliphatic carbocycles. The zero-order chi connectivity index (χ0) is 39.4. The number of aromatic hydroxyl groups is 1. The molecule has 6 amide bonds. The molecule has 13 nitrogen and oxygen atoms in total. The maximum Gasteiger partial charge on any atom is 0.264 e. The van der Waals surface area contributed by atoms with Crippen LogP contribution >= 0.6 is 0 Å². The Kier molecular flexibility index (Phi) is 11.3. The Morgan fingerprint density at radius 2 is 1.75 bits per heavy atom. The molecule has 6 rings (SSSR count). The molecule has 3 heterocycles. The van der Waals surface area contributed by atoms with E-state index in [-0.39, 0.29) is 46.9 Å². The first-order valence-electron chi connectivity index (χ1n) is 18.7. The van der Waals surface area contributed by atoms with Crippen LogP contribution in [0.25, 0.3) is 10.9 Å². The number of amides is 6. The molecule has 55 heavy (non-hydrogen) atoms. The molecule has 2 atom stereocenters. The molecule has 3 aromatic carbocycles. The van der Waals surface area contributed by atoms with E-state index in [0.29, 0.717) is 66.7 Å². The monoisotopic (exact) mass is 746 g/mol. The minimum absolute atomic E-state index is 0.0306. The molecule has 13 heteroatoms. The molecule has 2 aliphatic rings. The van der Waals surface area contributed by atoms with Gasteiger partial charge in [0, 0.05) is 54.3 Å². The summed E-state index contributed by atoms with van der Waals surface area (Å²) in [6.07, 6.45) is 3.91. The molecular weight excluding hydrogens is 700 g/mol. The zero-order valence-corrected chi connectivity index (χ0v) is 31.5. The third kappa shape index (κ3) is 8.06. The minimum Gasteiger partial charge on any atom is -0.505 e. The molecule has 5 N–H and O–H groups in total. The number of phenols is 1. The van der Waals surface area contributed by atoms with E-state index in [1.54, 1.807) is 42.6 Å². The fourth-order valence-electron chi connectivity index (χ4n) is 7.19. The lowest BCUT2D eigenvalue weighted by atomic mass is 9.81. The van der Waals surface area contributed by atoms with Crippen LogP contribution in [-0.2, 0) is 19.8 Å². The number of benzene rings is 3. The molecule has 0 radical (unpaired) electrons. The third-order valence-electron chi connectivity index (χ3n) is 9.95. The van der Waals surface area contributed by atoms with Crippen LogP contribution in [0, 0.1) is 0 Å². The normalized spacial score (nSPS) is 16.1. The molecule has 286 valence electrons. The van der Waals surface area contributed by atoms with Gasteiger partial charge >= 0.3 is 0 Å². The molecule has 0 saturated carbocycles. The van der Waals surface area contributed by atoms with Gasteiger partial charge < -0.3 is 21.1 Å². The van der Waals surface area contributed by atoms with Crippen LogP contribution in [0.15, 0.2) is 66.9 Å². The first kappa shape index (κ1) is 38.6. The lowest BCUT2D eigenvalue weighted by molar-refractivity contribution is -0.136. The number of aromatic nitrogens is 1. The van der Waals surface area contributed by atoms with Crippen molar-refractivity contribution in [3.63, 3.8) is 0 Å². The Bertz CT molecular complexity index is 2190. The van der Waals surface area contributed by atoms with Crippen molar-refractivity contribution in [2.75, 3.05) is 18.4 Å². The number of nitrogens with one attached hydrogen (secondary N) is 4. The quantitative estimate of drug-likeness (QED) is 0.0898. The number of pyridine rings is 1. The Morgan fingerprint density at radius 1 is 0.982 bits per heavy atom. The van der Waals surface area contributed by atoms with Gasteiger partial charge in [-0.1, -0.05) is 52.0 Å².